The summed E-state index contributed by atoms with van der Waals surface area (Å²) in [6.07, 6.45) is 1.84. The average molecular weight is 187 g/mol. The first-order valence-corrected chi connectivity index (χ1v) is 5.25. The largest absolute Gasteiger partial charge is 0.369 e. The Morgan fingerprint density at radius 1 is 1.31 bits per heavy atom. The van der Waals surface area contributed by atoms with E-state index in [1.807, 2.05) is 20.8 Å². The van der Waals surface area contributed by atoms with E-state index in [0.717, 1.165) is 12.8 Å². The van der Waals surface area contributed by atoms with Crippen LogP contribution in [0.15, 0.2) is 0 Å². The topological polar surface area (TPSA) is 43.1 Å². The fraction of sp³-hybridized carbons (Fsp3) is 0.909. The molecule has 0 aliphatic rings. The first kappa shape index (κ1) is 15.0. The summed E-state index contributed by atoms with van der Waals surface area (Å²) in [6.45, 7) is 12.3. The molecule has 2 N–H and O–H groups in total. The zero-order valence-electron chi connectivity index (χ0n) is 9.98. The molecule has 80 valence electrons. The Morgan fingerprint density at radius 2 is 1.69 bits per heavy atom. The van der Waals surface area contributed by atoms with Crippen LogP contribution in [0.3, 0.4) is 0 Å². The normalized spacial score (nSPS) is 12.8. The van der Waals surface area contributed by atoms with E-state index >= 15 is 0 Å². The molecule has 0 fully saturated rings. The average Bonchev–Trinajstić information content (AvgIpc) is 2.08. The summed E-state index contributed by atoms with van der Waals surface area (Å²) in [5.74, 6) is -0.146. The van der Waals surface area contributed by atoms with E-state index in [2.05, 4.69) is 20.8 Å². The summed E-state index contributed by atoms with van der Waals surface area (Å²) in [7, 11) is 0. The minimum absolute atomic E-state index is 0.0208. The highest BCUT2D eigenvalue weighted by Crippen LogP contribution is 2.32. The zero-order chi connectivity index (χ0) is 11.1. The lowest BCUT2D eigenvalue weighted by molar-refractivity contribution is -0.125. The van der Waals surface area contributed by atoms with Crippen molar-refractivity contribution < 1.29 is 4.79 Å². The van der Waals surface area contributed by atoms with E-state index < -0.39 is 0 Å². The summed E-state index contributed by atoms with van der Waals surface area (Å²) < 4.78 is 0. The molecule has 0 radical (unpaired) electrons. The fourth-order valence-electron chi connectivity index (χ4n) is 1.39. The first-order valence-electron chi connectivity index (χ1n) is 5.25. The van der Waals surface area contributed by atoms with E-state index in [9.17, 15) is 4.79 Å². The Kier molecular flexibility index (Phi) is 7.98. The second-order valence-electron chi connectivity index (χ2n) is 3.71. The molecule has 2 heteroatoms. The van der Waals surface area contributed by atoms with Crippen molar-refractivity contribution >= 4 is 5.91 Å². The molecule has 0 rings (SSSR count). The van der Waals surface area contributed by atoms with Crippen LogP contribution in [0.1, 0.15) is 54.4 Å². The summed E-state index contributed by atoms with van der Waals surface area (Å²) in [4.78, 5) is 11.0. The maximum absolute atomic E-state index is 11.0. The maximum Gasteiger partial charge on any atom is 0.221 e. The number of amides is 1. The lowest BCUT2D eigenvalue weighted by atomic mass is 9.75. The number of rotatable bonds is 4. The molecule has 0 bridgehead atoms. The van der Waals surface area contributed by atoms with Crippen molar-refractivity contribution in [3.63, 3.8) is 0 Å². The fourth-order valence-corrected chi connectivity index (χ4v) is 1.39. The predicted octanol–water partition coefficient (Wildman–Crippen LogP) is 2.96. The highest BCUT2D eigenvalue weighted by atomic mass is 16.1. The summed E-state index contributed by atoms with van der Waals surface area (Å²) in [5, 5.41) is 0. The Bertz CT molecular complexity index is 141. The first-order chi connectivity index (χ1) is 5.95. The van der Waals surface area contributed by atoms with Gasteiger partial charge in [0.05, 0.1) is 0 Å². The van der Waals surface area contributed by atoms with Crippen molar-refractivity contribution in [3.8, 4) is 0 Å². The van der Waals surface area contributed by atoms with E-state index in [0.29, 0.717) is 0 Å². The van der Waals surface area contributed by atoms with Gasteiger partial charge in [-0.05, 0) is 11.8 Å². The molecule has 1 amide bonds. The van der Waals surface area contributed by atoms with Gasteiger partial charge in [-0.2, -0.15) is 0 Å². The van der Waals surface area contributed by atoms with E-state index in [1.54, 1.807) is 0 Å². The number of hydrogen-bond donors (Lipinski definition) is 1. The molecule has 0 spiro atoms. The second-order valence-corrected chi connectivity index (χ2v) is 3.71. The minimum Gasteiger partial charge on any atom is -0.369 e. The van der Waals surface area contributed by atoms with Gasteiger partial charge in [0, 0.05) is 5.92 Å². The van der Waals surface area contributed by atoms with Crippen LogP contribution in [0.4, 0.5) is 0 Å². The van der Waals surface area contributed by atoms with Gasteiger partial charge in [-0.15, -0.1) is 0 Å². The highest BCUT2D eigenvalue weighted by Gasteiger charge is 2.30. The monoisotopic (exact) mass is 187 g/mol. The maximum atomic E-state index is 11.0. The standard InChI is InChI=1S/C9H19NO.C2H6/c1-5-7(8(10)11)9(3,4)6-2;1-2/h7H,5-6H2,1-4H3,(H2,10,11);1-2H3/t7-;/m0./s1. The number of hydrogen-bond acceptors (Lipinski definition) is 1. The molecule has 0 heterocycles. The lowest BCUT2D eigenvalue weighted by Crippen LogP contribution is -2.34. The van der Waals surface area contributed by atoms with Crippen LogP contribution >= 0.6 is 0 Å². The molecule has 13 heavy (non-hydrogen) atoms. The quantitative estimate of drug-likeness (QED) is 0.722. The number of carbonyl (C=O) groups is 1. The molecular weight excluding hydrogens is 162 g/mol. The Labute approximate surface area is 82.9 Å². The Hall–Kier alpha value is -0.530. The molecule has 0 saturated heterocycles. The molecule has 0 unspecified atom stereocenters. The van der Waals surface area contributed by atoms with Gasteiger partial charge in [0.2, 0.25) is 5.91 Å². The van der Waals surface area contributed by atoms with Gasteiger partial charge in [0.25, 0.3) is 0 Å². The van der Waals surface area contributed by atoms with Gasteiger partial charge < -0.3 is 5.73 Å². The summed E-state index contributed by atoms with van der Waals surface area (Å²) >= 11 is 0. The highest BCUT2D eigenvalue weighted by molar-refractivity contribution is 5.77. The van der Waals surface area contributed by atoms with Crippen LogP contribution in [0.25, 0.3) is 0 Å². The lowest BCUT2D eigenvalue weighted by Gasteiger charge is -2.30. The number of carbonyl (C=O) groups excluding carboxylic acids is 1. The SMILES string of the molecule is CC.CC[C@@H](C(N)=O)C(C)(C)CC. The Balaban J connectivity index is 0. The van der Waals surface area contributed by atoms with Crippen molar-refractivity contribution in [2.45, 2.75) is 54.4 Å². The third kappa shape index (κ3) is 4.91. The molecule has 0 aromatic heterocycles. The van der Waals surface area contributed by atoms with Gasteiger partial charge in [-0.25, -0.2) is 0 Å². The van der Waals surface area contributed by atoms with Crippen LogP contribution in [-0.4, -0.2) is 5.91 Å². The van der Waals surface area contributed by atoms with E-state index in [-0.39, 0.29) is 17.2 Å². The summed E-state index contributed by atoms with van der Waals surface area (Å²) in [6, 6.07) is 0. The molecule has 0 aromatic rings. The smallest absolute Gasteiger partial charge is 0.221 e. The molecule has 2 nitrogen and oxygen atoms in total. The van der Waals surface area contributed by atoms with Gasteiger partial charge in [-0.1, -0.05) is 48.0 Å². The molecule has 0 aliphatic heterocycles. The van der Waals surface area contributed by atoms with Crippen LogP contribution < -0.4 is 5.73 Å². The zero-order valence-corrected chi connectivity index (χ0v) is 9.98. The van der Waals surface area contributed by atoms with Crippen LogP contribution in [0.5, 0.6) is 0 Å². The van der Waals surface area contributed by atoms with Crippen molar-refractivity contribution in [1.82, 2.24) is 0 Å². The van der Waals surface area contributed by atoms with Gasteiger partial charge >= 0.3 is 0 Å². The molecule has 0 saturated carbocycles. The van der Waals surface area contributed by atoms with Gasteiger partial charge in [0.1, 0.15) is 0 Å². The second kappa shape index (κ2) is 6.93. The molecule has 1 atom stereocenters. The minimum atomic E-state index is -0.167. The Morgan fingerprint density at radius 3 is 1.77 bits per heavy atom. The van der Waals surface area contributed by atoms with Crippen molar-refractivity contribution in [3.05, 3.63) is 0 Å². The number of nitrogens with two attached hydrogens (primary N) is 1. The van der Waals surface area contributed by atoms with Crippen LogP contribution in [0, 0.1) is 11.3 Å². The third-order valence-electron chi connectivity index (χ3n) is 2.61. The number of primary amides is 1. The third-order valence-corrected chi connectivity index (χ3v) is 2.61. The van der Waals surface area contributed by atoms with Gasteiger partial charge in [0.15, 0.2) is 0 Å². The molecule has 0 aliphatic carbocycles. The predicted molar refractivity (Wildman–Crippen MR) is 58.4 cm³/mol. The molecule has 0 aromatic carbocycles. The van der Waals surface area contributed by atoms with Crippen molar-refractivity contribution in [1.29, 1.82) is 0 Å². The van der Waals surface area contributed by atoms with Crippen LogP contribution in [-0.2, 0) is 4.79 Å². The van der Waals surface area contributed by atoms with E-state index in [4.69, 9.17) is 5.73 Å². The van der Waals surface area contributed by atoms with E-state index in [1.165, 1.54) is 0 Å². The summed E-state index contributed by atoms with van der Waals surface area (Å²) in [5.41, 5.74) is 5.33. The molecular formula is C11H25NO. The van der Waals surface area contributed by atoms with Crippen LogP contribution in [0.2, 0.25) is 0 Å². The van der Waals surface area contributed by atoms with Gasteiger partial charge in [-0.3, -0.25) is 4.79 Å². The van der Waals surface area contributed by atoms with Crippen molar-refractivity contribution in [2.24, 2.45) is 17.1 Å². The van der Waals surface area contributed by atoms with Crippen molar-refractivity contribution in [2.75, 3.05) is 0 Å².